The molecule has 17 heavy (non-hydrogen) atoms. The molecule has 0 aliphatic heterocycles. The Balaban J connectivity index is 2.97. The predicted octanol–water partition coefficient (Wildman–Crippen LogP) is -0.424. The van der Waals surface area contributed by atoms with E-state index in [2.05, 4.69) is 27.1 Å². The zero-order valence-electron chi connectivity index (χ0n) is 9.00. The van der Waals surface area contributed by atoms with Crippen molar-refractivity contribution in [1.29, 1.82) is 0 Å². The number of sulfonamides is 1. The third-order valence-electron chi connectivity index (χ3n) is 1.99. The van der Waals surface area contributed by atoms with Gasteiger partial charge < -0.3 is 5.73 Å². The summed E-state index contributed by atoms with van der Waals surface area (Å²) in [6.45, 7) is 1.66. The Kier molecular flexibility index (Phi) is 4.18. The molecule has 0 aromatic carbocycles. The van der Waals surface area contributed by atoms with Gasteiger partial charge in [0.05, 0.1) is 4.99 Å². The maximum Gasteiger partial charge on any atom is 0.264 e. The quantitative estimate of drug-likeness (QED) is 0.628. The van der Waals surface area contributed by atoms with Crippen LogP contribution in [0.4, 0.5) is 5.82 Å². The van der Waals surface area contributed by atoms with Crippen LogP contribution in [0.2, 0.25) is 0 Å². The van der Waals surface area contributed by atoms with Crippen molar-refractivity contribution < 1.29 is 8.42 Å². The van der Waals surface area contributed by atoms with Crippen LogP contribution in [0.5, 0.6) is 0 Å². The predicted molar refractivity (Wildman–Crippen MR) is 68.3 cm³/mol. The number of nitrogens with one attached hydrogen (secondary N) is 2. The number of rotatable bonds is 5. The SMILES string of the molecule is CCC(C(N)=S)S(=O)(=O)Nc1ccc(=O)[nH]n1. The first-order valence-corrected chi connectivity index (χ1v) is 6.69. The zero-order valence-corrected chi connectivity index (χ0v) is 10.6. The van der Waals surface area contributed by atoms with Gasteiger partial charge in [-0.1, -0.05) is 19.1 Å². The molecule has 0 aliphatic carbocycles. The molecule has 1 aromatic rings. The van der Waals surface area contributed by atoms with Crippen molar-refractivity contribution in [3.8, 4) is 0 Å². The Hall–Kier alpha value is -1.48. The molecule has 1 atom stereocenters. The van der Waals surface area contributed by atoms with Gasteiger partial charge in [0.15, 0.2) is 5.82 Å². The molecule has 0 saturated carbocycles. The van der Waals surface area contributed by atoms with Crippen LogP contribution in [0.1, 0.15) is 13.3 Å². The van der Waals surface area contributed by atoms with Crippen molar-refractivity contribution in [2.24, 2.45) is 5.73 Å². The summed E-state index contributed by atoms with van der Waals surface area (Å²) in [7, 11) is -3.74. The number of nitrogens with two attached hydrogens (primary N) is 1. The Bertz CT molecular complexity index is 546. The molecule has 1 unspecified atom stereocenters. The van der Waals surface area contributed by atoms with Gasteiger partial charge in [0, 0.05) is 6.07 Å². The molecular weight excluding hydrogens is 264 g/mol. The summed E-state index contributed by atoms with van der Waals surface area (Å²) in [5.41, 5.74) is 4.92. The highest BCUT2D eigenvalue weighted by Crippen LogP contribution is 2.10. The summed E-state index contributed by atoms with van der Waals surface area (Å²) >= 11 is 4.68. The lowest BCUT2D eigenvalue weighted by atomic mass is 10.3. The lowest BCUT2D eigenvalue weighted by Crippen LogP contribution is -2.37. The number of hydrogen-bond donors (Lipinski definition) is 3. The van der Waals surface area contributed by atoms with Crippen LogP contribution in [-0.2, 0) is 10.0 Å². The molecule has 0 spiro atoms. The average Bonchev–Trinajstić information content (AvgIpc) is 2.21. The maximum absolute atomic E-state index is 11.8. The number of nitrogens with zero attached hydrogens (tertiary/aromatic N) is 1. The summed E-state index contributed by atoms with van der Waals surface area (Å²) in [5, 5.41) is 4.67. The van der Waals surface area contributed by atoms with E-state index in [0.717, 1.165) is 6.07 Å². The standard InChI is InChI=1S/C8H12N4O3S2/c1-2-5(8(9)16)17(14,15)12-6-3-4-7(13)11-10-6/h3-5H,2H2,1H3,(H2,9,16)(H,10,12)(H,11,13). The smallest absolute Gasteiger partial charge is 0.264 e. The summed E-state index contributed by atoms with van der Waals surface area (Å²) in [5.74, 6) is 0.0132. The Morgan fingerprint density at radius 1 is 1.65 bits per heavy atom. The fourth-order valence-electron chi connectivity index (χ4n) is 1.19. The van der Waals surface area contributed by atoms with E-state index in [9.17, 15) is 13.2 Å². The third-order valence-corrected chi connectivity index (χ3v) is 4.25. The van der Waals surface area contributed by atoms with Crippen LogP contribution >= 0.6 is 12.2 Å². The summed E-state index contributed by atoms with van der Waals surface area (Å²) in [6, 6.07) is 2.41. The Morgan fingerprint density at radius 3 is 2.71 bits per heavy atom. The molecule has 0 bridgehead atoms. The normalized spacial score (nSPS) is 13.0. The van der Waals surface area contributed by atoms with E-state index < -0.39 is 20.8 Å². The molecule has 7 nitrogen and oxygen atoms in total. The van der Waals surface area contributed by atoms with Crippen LogP contribution < -0.4 is 16.0 Å². The van der Waals surface area contributed by atoms with Crippen LogP contribution in [-0.4, -0.2) is 28.9 Å². The maximum atomic E-state index is 11.8. The van der Waals surface area contributed by atoms with Crippen LogP contribution in [0.3, 0.4) is 0 Å². The van der Waals surface area contributed by atoms with Gasteiger partial charge in [0.25, 0.3) is 5.56 Å². The molecule has 1 heterocycles. The molecule has 4 N–H and O–H groups in total. The van der Waals surface area contributed by atoms with E-state index in [1.807, 2.05) is 0 Å². The van der Waals surface area contributed by atoms with E-state index in [1.54, 1.807) is 6.92 Å². The fourth-order valence-corrected chi connectivity index (χ4v) is 3.03. The molecular formula is C8H12N4O3S2. The van der Waals surface area contributed by atoms with Gasteiger partial charge in [0.2, 0.25) is 10.0 Å². The topological polar surface area (TPSA) is 118 Å². The van der Waals surface area contributed by atoms with E-state index in [1.165, 1.54) is 6.07 Å². The zero-order chi connectivity index (χ0) is 13.1. The second-order valence-electron chi connectivity index (χ2n) is 3.25. The number of H-pyrrole nitrogens is 1. The van der Waals surface area contributed by atoms with E-state index in [4.69, 9.17) is 5.73 Å². The van der Waals surface area contributed by atoms with Gasteiger partial charge in [-0.3, -0.25) is 9.52 Å². The molecule has 0 saturated heterocycles. The minimum absolute atomic E-state index is 0.0132. The minimum atomic E-state index is -3.74. The number of aromatic nitrogens is 2. The van der Waals surface area contributed by atoms with Crippen molar-refractivity contribution >= 4 is 33.0 Å². The molecule has 1 rings (SSSR count). The summed E-state index contributed by atoms with van der Waals surface area (Å²) < 4.78 is 25.9. The minimum Gasteiger partial charge on any atom is -0.392 e. The number of anilines is 1. The summed E-state index contributed by atoms with van der Waals surface area (Å²) in [4.78, 5) is 10.6. The molecule has 0 aliphatic rings. The van der Waals surface area contributed by atoms with Crippen molar-refractivity contribution in [2.45, 2.75) is 18.6 Å². The van der Waals surface area contributed by atoms with E-state index in [0.29, 0.717) is 0 Å². The largest absolute Gasteiger partial charge is 0.392 e. The van der Waals surface area contributed by atoms with Crippen LogP contribution in [0.25, 0.3) is 0 Å². The van der Waals surface area contributed by atoms with E-state index in [-0.39, 0.29) is 17.2 Å². The lowest BCUT2D eigenvalue weighted by Gasteiger charge is -2.14. The fraction of sp³-hybridized carbons (Fsp3) is 0.375. The van der Waals surface area contributed by atoms with Crippen molar-refractivity contribution in [2.75, 3.05) is 4.72 Å². The van der Waals surface area contributed by atoms with Crippen molar-refractivity contribution in [3.05, 3.63) is 22.5 Å². The third kappa shape index (κ3) is 3.49. The van der Waals surface area contributed by atoms with Crippen LogP contribution in [0.15, 0.2) is 16.9 Å². The van der Waals surface area contributed by atoms with Crippen LogP contribution in [0, 0.1) is 0 Å². The van der Waals surface area contributed by atoms with Crippen molar-refractivity contribution in [1.82, 2.24) is 10.2 Å². The van der Waals surface area contributed by atoms with Gasteiger partial charge in [-0.2, -0.15) is 5.10 Å². The van der Waals surface area contributed by atoms with Crippen molar-refractivity contribution in [3.63, 3.8) is 0 Å². The second-order valence-corrected chi connectivity index (χ2v) is 5.59. The lowest BCUT2D eigenvalue weighted by molar-refractivity contribution is 0.594. The first kappa shape index (κ1) is 13.6. The van der Waals surface area contributed by atoms with Gasteiger partial charge in [-0.05, 0) is 12.5 Å². The first-order chi connectivity index (χ1) is 7.86. The van der Waals surface area contributed by atoms with E-state index >= 15 is 0 Å². The highest BCUT2D eigenvalue weighted by molar-refractivity contribution is 7.95. The Labute approximate surface area is 103 Å². The molecule has 9 heteroatoms. The number of hydrogen-bond acceptors (Lipinski definition) is 5. The first-order valence-electron chi connectivity index (χ1n) is 4.73. The highest BCUT2D eigenvalue weighted by atomic mass is 32.2. The molecule has 94 valence electrons. The second kappa shape index (κ2) is 5.23. The number of aromatic amines is 1. The summed E-state index contributed by atoms with van der Waals surface area (Å²) in [6.07, 6.45) is 0.258. The molecule has 0 radical (unpaired) electrons. The molecule has 0 fully saturated rings. The highest BCUT2D eigenvalue weighted by Gasteiger charge is 2.26. The monoisotopic (exact) mass is 276 g/mol. The molecule has 0 amide bonds. The Morgan fingerprint density at radius 2 is 2.29 bits per heavy atom. The van der Waals surface area contributed by atoms with Gasteiger partial charge in [-0.15, -0.1) is 0 Å². The average molecular weight is 276 g/mol. The molecule has 1 aromatic heterocycles. The number of thiocarbonyl (C=S) groups is 1. The van der Waals surface area contributed by atoms with Gasteiger partial charge >= 0.3 is 0 Å². The van der Waals surface area contributed by atoms with Gasteiger partial charge in [-0.25, -0.2) is 13.5 Å². The van der Waals surface area contributed by atoms with Gasteiger partial charge in [0.1, 0.15) is 5.25 Å².